The molecule has 0 aliphatic carbocycles. The van der Waals surface area contributed by atoms with E-state index in [0.717, 1.165) is 47.9 Å². The van der Waals surface area contributed by atoms with Gasteiger partial charge < -0.3 is 14.4 Å². The van der Waals surface area contributed by atoms with E-state index in [4.69, 9.17) is 9.47 Å². The van der Waals surface area contributed by atoms with Crippen LogP contribution in [0.25, 0.3) is 6.08 Å². The average Bonchev–Trinajstić information content (AvgIpc) is 3.05. The highest BCUT2D eigenvalue weighted by Gasteiger charge is 2.37. The fraction of sp³-hybridized carbons (Fsp3) is 0.346. The van der Waals surface area contributed by atoms with Gasteiger partial charge in [-0.1, -0.05) is 43.2 Å². The molecule has 0 unspecified atom stereocenters. The largest absolute Gasteiger partial charge is 0.493 e. The summed E-state index contributed by atoms with van der Waals surface area (Å²) in [5.41, 5.74) is 1.69. The Morgan fingerprint density at radius 1 is 1.09 bits per heavy atom. The third-order valence-corrected chi connectivity index (χ3v) is 7.40. The van der Waals surface area contributed by atoms with Crippen molar-refractivity contribution in [1.82, 2.24) is 9.80 Å². The first-order valence-electron chi connectivity index (χ1n) is 11.5. The summed E-state index contributed by atoms with van der Waals surface area (Å²) in [7, 11) is 1.54. The number of amides is 3. The lowest BCUT2D eigenvalue weighted by atomic mass is 10.1. The number of methoxy groups -OCH3 is 1. The van der Waals surface area contributed by atoms with Crippen molar-refractivity contribution in [3.05, 3.63) is 63.0 Å². The van der Waals surface area contributed by atoms with E-state index >= 15 is 0 Å². The van der Waals surface area contributed by atoms with Crippen molar-refractivity contribution in [1.29, 1.82) is 0 Å². The number of likely N-dealkylation sites (tertiary alicyclic amines) is 1. The van der Waals surface area contributed by atoms with Crippen LogP contribution in [0, 0.1) is 0 Å². The number of halogens is 1. The molecule has 2 aliphatic rings. The Balaban J connectivity index is 1.47. The van der Waals surface area contributed by atoms with Gasteiger partial charge >= 0.3 is 0 Å². The predicted octanol–water partition coefficient (Wildman–Crippen LogP) is 5.48. The molecule has 0 spiro atoms. The summed E-state index contributed by atoms with van der Waals surface area (Å²) in [6.45, 7) is 1.51. The number of ether oxygens (including phenoxy) is 2. The van der Waals surface area contributed by atoms with Crippen LogP contribution in [-0.4, -0.2) is 53.6 Å². The zero-order chi connectivity index (χ0) is 24.8. The number of carbonyl (C=O) groups is 3. The maximum Gasteiger partial charge on any atom is 0.294 e. The monoisotopic (exact) mass is 558 g/mol. The summed E-state index contributed by atoms with van der Waals surface area (Å²) in [6.07, 6.45) is 5.74. The van der Waals surface area contributed by atoms with Gasteiger partial charge in [0.25, 0.3) is 11.1 Å². The molecular formula is C26H27BrN2O5S. The molecule has 184 valence electrons. The molecule has 0 aromatic heterocycles. The lowest BCUT2D eigenvalue weighted by molar-refractivity contribution is -0.135. The van der Waals surface area contributed by atoms with E-state index in [1.165, 1.54) is 0 Å². The van der Waals surface area contributed by atoms with E-state index in [2.05, 4.69) is 15.9 Å². The van der Waals surface area contributed by atoms with E-state index in [1.807, 2.05) is 30.3 Å². The van der Waals surface area contributed by atoms with Crippen LogP contribution in [0.15, 0.2) is 51.8 Å². The van der Waals surface area contributed by atoms with E-state index in [1.54, 1.807) is 30.2 Å². The molecule has 2 saturated heterocycles. The first-order chi connectivity index (χ1) is 17.0. The van der Waals surface area contributed by atoms with Gasteiger partial charge in [0.15, 0.2) is 11.5 Å². The van der Waals surface area contributed by atoms with Crippen LogP contribution in [0.5, 0.6) is 11.5 Å². The predicted molar refractivity (Wildman–Crippen MR) is 139 cm³/mol. The minimum absolute atomic E-state index is 0.181. The Hall–Kier alpha value is -2.78. The van der Waals surface area contributed by atoms with E-state index in [0.29, 0.717) is 41.2 Å². The minimum atomic E-state index is -0.456. The van der Waals surface area contributed by atoms with Gasteiger partial charge in [0, 0.05) is 13.1 Å². The summed E-state index contributed by atoms with van der Waals surface area (Å²) in [4.78, 5) is 41.3. The smallest absolute Gasteiger partial charge is 0.294 e. The third kappa shape index (κ3) is 6.27. The summed E-state index contributed by atoms with van der Waals surface area (Å²) >= 11 is 4.37. The summed E-state index contributed by atoms with van der Waals surface area (Å²) in [5.74, 6) is 0.407. The highest BCUT2D eigenvalue weighted by molar-refractivity contribution is 9.10. The Kier molecular flexibility index (Phi) is 8.51. The van der Waals surface area contributed by atoms with Crippen LogP contribution in [0.3, 0.4) is 0 Å². The second-order valence-corrected chi connectivity index (χ2v) is 10.2. The van der Waals surface area contributed by atoms with Crippen molar-refractivity contribution in [2.24, 2.45) is 0 Å². The SMILES string of the molecule is COc1cc(C=C2SC(=O)N(CC(=O)N3CCCCCC3)C2=O)cc(Br)c1OCc1ccccc1. The van der Waals surface area contributed by atoms with Gasteiger partial charge in [0.1, 0.15) is 13.2 Å². The van der Waals surface area contributed by atoms with Gasteiger partial charge in [-0.3, -0.25) is 19.3 Å². The molecule has 3 amide bonds. The first kappa shape index (κ1) is 25.3. The van der Waals surface area contributed by atoms with Gasteiger partial charge in [-0.05, 0) is 69.9 Å². The molecule has 2 fully saturated rings. The number of benzene rings is 2. The van der Waals surface area contributed by atoms with E-state index in [9.17, 15) is 14.4 Å². The second-order valence-electron chi connectivity index (χ2n) is 8.37. The maximum absolute atomic E-state index is 12.9. The zero-order valence-electron chi connectivity index (χ0n) is 19.5. The third-order valence-electron chi connectivity index (χ3n) is 5.90. The lowest BCUT2D eigenvalue weighted by Gasteiger charge is -2.22. The summed E-state index contributed by atoms with van der Waals surface area (Å²) in [5, 5.41) is -0.432. The van der Waals surface area contributed by atoms with Crippen molar-refractivity contribution in [3.63, 3.8) is 0 Å². The normalized spacial score (nSPS) is 17.6. The Labute approximate surface area is 217 Å². The number of imide groups is 1. The van der Waals surface area contributed by atoms with Crippen molar-refractivity contribution in [2.75, 3.05) is 26.7 Å². The fourth-order valence-corrected chi connectivity index (χ4v) is 5.45. The Morgan fingerprint density at radius 3 is 2.49 bits per heavy atom. The molecule has 35 heavy (non-hydrogen) atoms. The number of hydrogen-bond donors (Lipinski definition) is 0. The molecule has 9 heteroatoms. The zero-order valence-corrected chi connectivity index (χ0v) is 21.9. The fourth-order valence-electron chi connectivity index (χ4n) is 4.04. The van der Waals surface area contributed by atoms with Crippen LogP contribution in [0.1, 0.15) is 36.8 Å². The molecule has 0 radical (unpaired) electrons. The molecule has 2 aliphatic heterocycles. The standard InChI is InChI=1S/C26H27BrN2O5S/c1-33-21-14-19(13-20(27)24(21)34-17-18-9-5-4-6-10-18)15-22-25(31)29(26(32)35-22)16-23(30)28-11-7-2-3-8-12-28/h4-6,9-10,13-15H,2-3,7-8,11-12,16-17H2,1H3. The molecule has 7 nitrogen and oxygen atoms in total. The first-order valence-corrected chi connectivity index (χ1v) is 13.1. The highest BCUT2D eigenvalue weighted by Crippen LogP contribution is 2.39. The quantitative estimate of drug-likeness (QED) is 0.419. The van der Waals surface area contributed by atoms with Gasteiger partial charge in [-0.2, -0.15) is 0 Å². The number of thioether (sulfide) groups is 1. The van der Waals surface area contributed by atoms with Crippen LogP contribution in [0.2, 0.25) is 0 Å². The van der Waals surface area contributed by atoms with Gasteiger partial charge in [-0.15, -0.1) is 0 Å². The van der Waals surface area contributed by atoms with Crippen LogP contribution < -0.4 is 9.47 Å². The van der Waals surface area contributed by atoms with Crippen LogP contribution in [-0.2, 0) is 16.2 Å². The molecule has 0 bridgehead atoms. The lowest BCUT2D eigenvalue weighted by Crippen LogP contribution is -2.42. The molecular weight excluding hydrogens is 532 g/mol. The number of rotatable bonds is 7. The molecule has 2 heterocycles. The summed E-state index contributed by atoms with van der Waals surface area (Å²) < 4.78 is 12.1. The number of hydrogen-bond acceptors (Lipinski definition) is 6. The molecule has 0 N–H and O–H groups in total. The highest BCUT2D eigenvalue weighted by atomic mass is 79.9. The van der Waals surface area contributed by atoms with Crippen LogP contribution >= 0.6 is 27.7 Å². The number of nitrogens with zero attached hydrogens (tertiary/aromatic N) is 2. The molecule has 0 saturated carbocycles. The van der Waals surface area contributed by atoms with Gasteiger partial charge in [-0.25, -0.2) is 0 Å². The molecule has 2 aromatic carbocycles. The van der Waals surface area contributed by atoms with E-state index < -0.39 is 11.1 Å². The minimum Gasteiger partial charge on any atom is -0.493 e. The van der Waals surface area contributed by atoms with Crippen molar-refractivity contribution in [2.45, 2.75) is 32.3 Å². The van der Waals surface area contributed by atoms with E-state index in [-0.39, 0.29) is 17.4 Å². The van der Waals surface area contributed by atoms with Crippen molar-refractivity contribution >= 4 is 50.8 Å². The van der Waals surface area contributed by atoms with Gasteiger partial charge in [0.2, 0.25) is 5.91 Å². The maximum atomic E-state index is 12.9. The number of carbonyl (C=O) groups excluding carboxylic acids is 3. The summed E-state index contributed by atoms with van der Waals surface area (Å²) in [6, 6.07) is 13.3. The van der Waals surface area contributed by atoms with Crippen LogP contribution in [0.4, 0.5) is 4.79 Å². The Bertz CT molecular complexity index is 1130. The van der Waals surface area contributed by atoms with Gasteiger partial charge in [0.05, 0.1) is 16.5 Å². The molecule has 2 aromatic rings. The van der Waals surface area contributed by atoms with Crippen molar-refractivity contribution < 1.29 is 23.9 Å². The second kappa shape index (κ2) is 11.8. The molecule has 0 atom stereocenters. The average molecular weight is 559 g/mol. The Morgan fingerprint density at radius 2 is 1.80 bits per heavy atom. The molecule has 4 rings (SSSR count). The van der Waals surface area contributed by atoms with Crippen molar-refractivity contribution in [3.8, 4) is 11.5 Å². The topological polar surface area (TPSA) is 76.2 Å².